The number of rotatable bonds is 3. The van der Waals surface area contributed by atoms with Crippen LogP contribution in [0.4, 0.5) is 0 Å². The molecule has 0 bridgehead atoms. The topological polar surface area (TPSA) is 17.1 Å². The smallest absolute Gasteiger partial charge is 0.120 e. The molecule has 1 nitrogen and oxygen atoms in total. The van der Waals surface area contributed by atoms with Gasteiger partial charge in [0.1, 0.15) is 6.29 Å². The van der Waals surface area contributed by atoms with Crippen molar-refractivity contribution in [3.05, 3.63) is 34.3 Å². The fourth-order valence-corrected chi connectivity index (χ4v) is 1.36. The van der Waals surface area contributed by atoms with Crippen LogP contribution in [0.1, 0.15) is 12.0 Å². The molecule has 2 heteroatoms. The SMILES string of the molecule is O=CCCc1cccc(Br)c1. The summed E-state index contributed by atoms with van der Waals surface area (Å²) < 4.78 is 1.07. The number of aldehydes is 1. The zero-order valence-electron chi connectivity index (χ0n) is 6.09. The van der Waals surface area contributed by atoms with Gasteiger partial charge in [0.15, 0.2) is 0 Å². The highest BCUT2D eigenvalue weighted by atomic mass is 79.9. The van der Waals surface area contributed by atoms with Gasteiger partial charge in [-0.05, 0) is 24.1 Å². The number of benzene rings is 1. The lowest BCUT2D eigenvalue weighted by Crippen LogP contribution is -1.84. The zero-order valence-corrected chi connectivity index (χ0v) is 7.67. The van der Waals surface area contributed by atoms with E-state index in [2.05, 4.69) is 15.9 Å². The standard InChI is InChI=1S/C9H9BrO/c10-9-5-1-3-8(7-9)4-2-6-11/h1,3,5-7H,2,4H2. The second kappa shape index (κ2) is 4.29. The largest absolute Gasteiger partial charge is 0.303 e. The van der Waals surface area contributed by atoms with Gasteiger partial charge in [0.2, 0.25) is 0 Å². The molecule has 0 aromatic heterocycles. The molecule has 0 aliphatic heterocycles. The highest BCUT2D eigenvalue weighted by Crippen LogP contribution is 2.12. The van der Waals surface area contributed by atoms with Gasteiger partial charge >= 0.3 is 0 Å². The monoisotopic (exact) mass is 212 g/mol. The molecular formula is C9H9BrO. The summed E-state index contributed by atoms with van der Waals surface area (Å²) in [5.41, 5.74) is 1.20. The number of hydrogen-bond donors (Lipinski definition) is 0. The Bertz CT molecular complexity index is 245. The van der Waals surface area contributed by atoms with E-state index < -0.39 is 0 Å². The molecule has 0 fully saturated rings. The van der Waals surface area contributed by atoms with Crippen molar-refractivity contribution in [2.45, 2.75) is 12.8 Å². The van der Waals surface area contributed by atoms with Crippen molar-refractivity contribution in [3.8, 4) is 0 Å². The fourth-order valence-electron chi connectivity index (χ4n) is 0.918. The van der Waals surface area contributed by atoms with Crippen LogP contribution < -0.4 is 0 Å². The summed E-state index contributed by atoms with van der Waals surface area (Å²) in [6, 6.07) is 8.01. The molecule has 1 aromatic rings. The Morgan fingerprint density at radius 1 is 1.45 bits per heavy atom. The van der Waals surface area contributed by atoms with Gasteiger partial charge in [-0.15, -0.1) is 0 Å². The Kier molecular flexibility index (Phi) is 3.30. The molecule has 0 aliphatic carbocycles. The normalized spacial score (nSPS) is 9.55. The van der Waals surface area contributed by atoms with Crippen LogP contribution in [0.2, 0.25) is 0 Å². The van der Waals surface area contributed by atoms with Gasteiger partial charge in [-0.2, -0.15) is 0 Å². The van der Waals surface area contributed by atoms with Gasteiger partial charge in [-0.25, -0.2) is 0 Å². The van der Waals surface area contributed by atoms with Crippen LogP contribution >= 0.6 is 15.9 Å². The lowest BCUT2D eigenvalue weighted by molar-refractivity contribution is -0.107. The molecule has 0 heterocycles. The number of carbonyl (C=O) groups is 1. The fraction of sp³-hybridized carbons (Fsp3) is 0.222. The van der Waals surface area contributed by atoms with Gasteiger partial charge < -0.3 is 4.79 Å². The van der Waals surface area contributed by atoms with Crippen molar-refractivity contribution in [2.75, 3.05) is 0 Å². The summed E-state index contributed by atoms with van der Waals surface area (Å²) in [6.45, 7) is 0. The van der Waals surface area contributed by atoms with Crippen molar-refractivity contribution in [1.82, 2.24) is 0 Å². The Morgan fingerprint density at radius 3 is 2.91 bits per heavy atom. The van der Waals surface area contributed by atoms with E-state index in [1.165, 1.54) is 5.56 Å². The molecule has 0 N–H and O–H groups in total. The molecule has 0 saturated heterocycles. The summed E-state index contributed by atoms with van der Waals surface area (Å²) in [4.78, 5) is 10.1. The maximum absolute atomic E-state index is 10.1. The lowest BCUT2D eigenvalue weighted by atomic mass is 10.1. The first kappa shape index (κ1) is 8.47. The first-order valence-electron chi connectivity index (χ1n) is 3.51. The third-order valence-electron chi connectivity index (χ3n) is 1.44. The van der Waals surface area contributed by atoms with E-state index in [1.807, 2.05) is 24.3 Å². The second-order valence-corrected chi connectivity index (χ2v) is 3.25. The van der Waals surface area contributed by atoms with Crippen LogP contribution in [-0.2, 0) is 11.2 Å². The van der Waals surface area contributed by atoms with E-state index in [1.54, 1.807) is 0 Å². The number of aryl methyl sites for hydroxylation is 1. The lowest BCUT2D eigenvalue weighted by Gasteiger charge is -1.96. The Morgan fingerprint density at radius 2 is 2.27 bits per heavy atom. The summed E-state index contributed by atoms with van der Waals surface area (Å²) in [6.07, 6.45) is 2.39. The summed E-state index contributed by atoms with van der Waals surface area (Å²) in [5.74, 6) is 0. The van der Waals surface area contributed by atoms with Crippen molar-refractivity contribution in [1.29, 1.82) is 0 Å². The molecule has 11 heavy (non-hydrogen) atoms. The summed E-state index contributed by atoms with van der Waals surface area (Å²) >= 11 is 3.37. The van der Waals surface area contributed by atoms with Crippen LogP contribution in [0.25, 0.3) is 0 Å². The maximum atomic E-state index is 10.1. The van der Waals surface area contributed by atoms with Crippen LogP contribution in [0, 0.1) is 0 Å². The van der Waals surface area contributed by atoms with Gasteiger partial charge in [0, 0.05) is 10.9 Å². The molecule has 0 radical (unpaired) electrons. The highest BCUT2D eigenvalue weighted by molar-refractivity contribution is 9.10. The quantitative estimate of drug-likeness (QED) is 0.705. The van der Waals surface area contributed by atoms with Crippen LogP contribution in [0.3, 0.4) is 0 Å². The van der Waals surface area contributed by atoms with E-state index in [4.69, 9.17) is 0 Å². The molecule has 0 atom stereocenters. The van der Waals surface area contributed by atoms with E-state index >= 15 is 0 Å². The molecule has 0 aliphatic rings. The predicted molar refractivity (Wildman–Crippen MR) is 48.5 cm³/mol. The van der Waals surface area contributed by atoms with Crippen molar-refractivity contribution >= 4 is 22.2 Å². The van der Waals surface area contributed by atoms with Crippen LogP contribution in [0.5, 0.6) is 0 Å². The minimum Gasteiger partial charge on any atom is -0.303 e. The van der Waals surface area contributed by atoms with Gasteiger partial charge in [-0.3, -0.25) is 0 Å². The molecule has 0 spiro atoms. The molecule has 58 valence electrons. The van der Waals surface area contributed by atoms with Gasteiger partial charge in [0.05, 0.1) is 0 Å². The number of halogens is 1. The van der Waals surface area contributed by atoms with E-state index in [0.29, 0.717) is 6.42 Å². The molecule has 1 aromatic carbocycles. The van der Waals surface area contributed by atoms with Crippen molar-refractivity contribution < 1.29 is 4.79 Å². The van der Waals surface area contributed by atoms with Gasteiger partial charge in [-0.1, -0.05) is 28.1 Å². The average Bonchev–Trinajstić information content (AvgIpc) is 2.01. The zero-order chi connectivity index (χ0) is 8.10. The third-order valence-corrected chi connectivity index (χ3v) is 1.93. The molecule has 0 saturated carbocycles. The van der Waals surface area contributed by atoms with Crippen LogP contribution in [-0.4, -0.2) is 6.29 Å². The molecular weight excluding hydrogens is 204 g/mol. The highest BCUT2D eigenvalue weighted by Gasteiger charge is 1.91. The number of hydrogen-bond acceptors (Lipinski definition) is 1. The second-order valence-electron chi connectivity index (χ2n) is 2.34. The van der Waals surface area contributed by atoms with E-state index in [0.717, 1.165) is 17.2 Å². The minimum atomic E-state index is 0.608. The Labute approximate surface area is 74.6 Å². The third kappa shape index (κ3) is 2.85. The van der Waals surface area contributed by atoms with Crippen LogP contribution in [0.15, 0.2) is 28.7 Å². The average molecular weight is 213 g/mol. The first-order chi connectivity index (χ1) is 5.33. The molecule has 1 rings (SSSR count). The molecule has 0 unspecified atom stereocenters. The predicted octanol–water partition coefficient (Wildman–Crippen LogP) is 2.58. The Hall–Kier alpha value is -0.630. The number of carbonyl (C=O) groups excluding carboxylic acids is 1. The van der Waals surface area contributed by atoms with Crippen molar-refractivity contribution in [2.24, 2.45) is 0 Å². The van der Waals surface area contributed by atoms with E-state index in [9.17, 15) is 4.79 Å². The summed E-state index contributed by atoms with van der Waals surface area (Å²) in [7, 11) is 0. The van der Waals surface area contributed by atoms with Gasteiger partial charge in [0.25, 0.3) is 0 Å². The van der Waals surface area contributed by atoms with E-state index in [-0.39, 0.29) is 0 Å². The first-order valence-corrected chi connectivity index (χ1v) is 4.30. The molecule has 0 amide bonds. The maximum Gasteiger partial charge on any atom is 0.120 e. The summed E-state index contributed by atoms with van der Waals surface area (Å²) in [5, 5.41) is 0. The van der Waals surface area contributed by atoms with Crippen molar-refractivity contribution in [3.63, 3.8) is 0 Å². The minimum absolute atomic E-state index is 0.608. The Balaban J connectivity index is 2.63.